The first-order valence-electron chi connectivity index (χ1n) is 8.64. The summed E-state index contributed by atoms with van der Waals surface area (Å²) >= 11 is 0. The van der Waals surface area contributed by atoms with Crippen LogP contribution in [-0.4, -0.2) is 24.4 Å². The molecule has 3 heterocycles. The zero-order valence-electron chi connectivity index (χ0n) is 14.8. The summed E-state index contributed by atoms with van der Waals surface area (Å²) in [6, 6.07) is 14.5. The van der Waals surface area contributed by atoms with E-state index >= 15 is 0 Å². The van der Waals surface area contributed by atoms with Gasteiger partial charge in [-0.1, -0.05) is 43.7 Å². The highest BCUT2D eigenvalue weighted by molar-refractivity contribution is 5.77. The molecule has 0 atom stereocenters. The van der Waals surface area contributed by atoms with Crippen LogP contribution in [0.3, 0.4) is 0 Å². The molecule has 1 aromatic carbocycles. The molecule has 0 aliphatic heterocycles. The molecule has 0 saturated carbocycles. The minimum Gasteiger partial charge on any atom is -0.233 e. The van der Waals surface area contributed by atoms with Gasteiger partial charge in [0.25, 0.3) is 0 Å². The fourth-order valence-electron chi connectivity index (χ4n) is 3.21. The van der Waals surface area contributed by atoms with Gasteiger partial charge in [-0.25, -0.2) is 9.67 Å². The van der Waals surface area contributed by atoms with Crippen molar-refractivity contribution in [1.29, 1.82) is 0 Å². The van der Waals surface area contributed by atoms with Crippen LogP contribution >= 0.6 is 0 Å². The van der Waals surface area contributed by atoms with Crippen molar-refractivity contribution in [2.45, 2.75) is 33.6 Å². The third kappa shape index (κ3) is 2.71. The van der Waals surface area contributed by atoms with E-state index in [0.29, 0.717) is 0 Å². The van der Waals surface area contributed by atoms with E-state index in [4.69, 9.17) is 4.98 Å². The van der Waals surface area contributed by atoms with Gasteiger partial charge in [-0.2, -0.15) is 14.7 Å². The van der Waals surface area contributed by atoms with Crippen LogP contribution < -0.4 is 0 Å². The molecule has 0 bridgehead atoms. The predicted molar refractivity (Wildman–Crippen MR) is 99.0 cm³/mol. The molecule has 4 aromatic rings. The second-order valence-electron chi connectivity index (χ2n) is 6.35. The topological polar surface area (TPSA) is 48.0 Å². The zero-order valence-corrected chi connectivity index (χ0v) is 14.8. The van der Waals surface area contributed by atoms with Crippen molar-refractivity contribution in [3.05, 3.63) is 65.7 Å². The van der Waals surface area contributed by atoms with Crippen LogP contribution in [0.1, 0.15) is 30.4 Å². The molecule has 0 aliphatic rings. The van der Waals surface area contributed by atoms with E-state index in [-0.39, 0.29) is 0 Å². The molecule has 0 unspecified atom stereocenters. The quantitative estimate of drug-likeness (QED) is 0.564. The van der Waals surface area contributed by atoms with E-state index in [2.05, 4.69) is 48.3 Å². The van der Waals surface area contributed by atoms with Crippen LogP contribution in [0.2, 0.25) is 0 Å². The molecule has 5 heteroatoms. The van der Waals surface area contributed by atoms with Gasteiger partial charge < -0.3 is 0 Å². The molecule has 0 saturated heterocycles. The Morgan fingerprint density at radius 3 is 2.52 bits per heavy atom. The Morgan fingerprint density at radius 2 is 1.84 bits per heavy atom. The van der Waals surface area contributed by atoms with E-state index in [1.807, 2.05) is 40.5 Å². The standard InChI is InChI=1S/C20H21N5/c1-4-8-17-12-19(24-15(3)11-14(2)23-24)25-20(22-17)18(13-21-25)16-9-6-5-7-10-16/h5-7,9-13H,4,8H2,1-3H3. The van der Waals surface area contributed by atoms with Crippen LogP contribution in [0.25, 0.3) is 22.6 Å². The lowest BCUT2D eigenvalue weighted by molar-refractivity contribution is 0.745. The Balaban J connectivity index is 2.00. The SMILES string of the molecule is CCCc1cc(-n2nc(C)cc2C)n2ncc(-c3ccccc3)c2n1. The third-order valence-electron chi connectivity index (χ3n) is 4.32. The van der Waals surface area contributed by atoms with E-state index in [1.165, 1.54) is 0 Å². The second-order valence-corrected chi connectivity index (χ2v) is 6.35. The molecule has 0 N–H and O–H groups in total. The number of aryl methyl sites for hydroxylation is 3. The normalized spacial score (nSPS) is 11.3. The first kappa shape index (κ1) is 15.6. The van der Waals surface area contributed by atoms with E-state index in [9.17, 15) is 0 Å². The van der Waals surface area contributed by atoms with Crippen LogP contribution in [0, 0.1) is 13.8 Å². The van der Waals surface area contributed by atoms with Crippen molar-refractivity contribution in [3.8, 4) is 16.9 Å². The lowest BCUT2D eigenvalue weighted by Gasteiger charge is -2.10. The van der Waals surface area contributed by atoms with Gasteiger partial charge in [0, 0.05) is 23.0 Å². The van der Waals surface area contributed by atoms with Crippen molar-refractivity contribution in [2.75, 3.05) is 0 Å². The molecule has 0 fully saturated rings. The van der Waals surface area contributed by atoms with Crippen molar-refractivity contribution in [1.82, 2.24) is 24.4 Å². The number of benzene rings is 1. The fourth-order valence-corrected chi connectivity index (χ4v) is 3.21. The summed E-state index contributed by atoms with van der Waals surface area (Å²) in [5.41, 5.74) is 6.19. The number of hydrogen-bond donors (Lipinski definition) is 0. The summed E-state index contributed by atoms with van der Waals surface area (Å²) in [4.78, 5) is 4.88. The van der Waals surface area contributed by atoms with Crippen LogP contribution in [-0.2, 0) is 6.42 Å². The lowest BCUT2D eigenvalue weighted by Crippen LogP contribution is -2.09. The van der Waals surface area contributed by atoms with Crippen LogP contribution in [0.4, 0.5) is 0 Å². The van der Waals surface area contributed by atoms with Gasteiger partial charge in [-0.15, -0.1) is 0 Å². The molecule has 0 amide bonds. The molecule has 5 nitrogen and oxygen atoms in total. The highest BCUT2D eigenvalue weighted by Gasteiger charge is 2.15. The molecule has 0 radical (unpaired) electrons. The third-order valence-corrected chi connectivity index (χ3v) is 4.32. The first-order chi connectivity index (χ1) is 12.2. The molecule has 0 aliphatic carbocycles. The van der Waals surface area contributed by atoms with Gasteiger partial charge in [-0.05, 0) is 31.9 Å². The van der Waals surface area contributed by atoms with E-state index < -0.39 is 0 Å². The smallest absolute Gasteiger partial charge is 0.165 e. The van der Waals surface area contributed by atoms with E-state index in [0.717, 1.165) is 52.5 Å². The summed E-state index contributed by atoms with van der Waals surface area (Å²) in [7, 11) is 0. The van der Waals surface area contributed by atoms with Gasteiger partial charge in [0.05, 0.1) is 11.9 Å². The van der Waals surface area contributed by atoms with Crippen molar-refractivity contribution in [2.24, 2.45) is 0 Å². The average Bonchev–Trinajstić information content (AvgIpc) is 3.18. The summed E-state index contributed by atoms with van der Waals surface area (Å²) in [5, 5.41) is 9.26. The number of rotatable bonds is 4. The predicted octanol–water partition coefficient (Wildman–Crippen LogP) is 4.15. The minimum atomic E-state index is 0.875. The molecule has 0 spiro atoms. The second kappa shape index (κ2) is 6.16. The summed E-state index contributed by atoms with van der Waals surface area (Å²) in [6.45, 7) is 6.24. The van der Waals surface area contributed by atoms with E-state index in [1.54, 1.807) is 0 Å². The Morgan fingerprint density at radius 1 is 1.04 bits per heavy atom. The maximum atomic E-state index is 4.88. The molecule has 4 rings (SSSR count). The average molecular weight is 331 g/mol. The lowest BCUT2D eigenvalue weighted by atomic mass is 10.1. The Hall–Kier alpha value is -2.95. The molecule has 126 valence electrons. The summed E-state index contributed by atoms with van der Waals surface area (Å²) < 4.78 is 3.84. The molecular weight excluding hydrogens is 310 g/mol. The van der Waals surface area contributed by atoms with Gasteiger partial charge in [0.15, 0.2) is 11.5 Å². The Labute approximate surface area is 147 Å². The number of nitrogens with zero attached hydrogens (tertiary/aromatic N) is 5. The number of hydrogen-bond acceptors (Lipinski definition) is 3. The van der Waals surface area contributed by atoms with Crippen molar-refractivity contribution < 1.29 is 0 Å². The number of fused-ring (bicyclic) bond motifs is 1. The van der Waals surface area contributed by atoms with Gasteiger partial charge in [-0.3, -0.25) is 0 Å². The van der Waals surface area contributed by atoms with Gasteiger partial charge >= 0.3 is 0 Å². The van der Waals surface area contributed by atoms with Gasteiger partial charge in [0.2, 0.25) is 0 Å². The highest BCUT2D eigenvalue weighted by atomic mass is 15.4. The number of aromatic nitrogens is 5. The molecular formula is C20H21N5. The largest absolute Gasteiger partial charge is 0.233 e. The zero-order chi connectivity index (χ0) is 17.4. The highest BCUT2D eigenvalue weighted by Crippen LogP contribution is 2.26. The Kier molecular flexibility index (Phi) is 3.84. The molecule has 3 aromatic heterocycles. The van der Waals surface area contributed by atoms with Crippen molar-refractivity contribution >= 4 is 5.65 Å². The Bertz CT molecular complexity index is 1030. The van der Waals surface area contributed by atoms with Crippen LogP contribution in [0.5, 0.6) is 0 Å². The minimum absolute atomic E-state index is 0.875. The van der Waals surface area contributed by atoms with Crippen LogP contribution in [0.15, 0.2) is 48.7 Å². The summed E-state index contributed by atoms with van der Waals surface area (Å²) in [6.07, 6.45) is 3.87. The van der Waals surface area contributed by atoms with Gasteiger partial charge in [0.1, 0.15) is 0 Å². The maximum absolute atomic E-state index is 4.88. The monoisotopic (exact) mass is 331 g/mol. The molecule has 25 heavy (non-hydrogen) atoms. The summed E-state index contributed by atoms with van der Waals surface area (Å²) in [5.74, 6) is 0.932. The first-order valence-corrected chi connectivity index (χ1v) is 8.64. The fraction of sp³-hybridized carbons (Fsp3) is 0.250. The van der Waals surface area contributed by atoms with Crippen molar-refractivity contribution in [3.63, 3.8) is 0 Å². The maximum Gasteiger partial charge on any atom is 0.165 e.